The van der Waals surface area contributed by atoms with Crippen molar-refractivity contribution >= 4 is 17.6 Å². The molecule has 0 saturated carbocycles. The number of piperidine rings is 1. The fourth-order valence-corrected chi connectivity index (χ4v) is 3.72. The fraction of sp³-hybridized carbons (Fsp3) is 0.462. The molecule has 3 rings (SSSR count). The zero-order chi connectivity index (χ0) is 24.3. The van der Waals surface area contributed by atoms with Gasteiger partial charge in [0.15, 0.2) is 11.5 Å². The lowest BCUT2D eigenvalue weighted by atomic mass is 9.96. The Morgan fingerprint density at radius 3 is 2.26 bits per heavy atom. The summed E-state index contributed by atoms with van der Waals surface area (Å²) in [6, 6.07) is 11.3. The van der Waals surface area contributed by atoms with Crippen molar-refractivity contribution < 1.29 is 23.5 Å². The normalized spacial score (nSPS) is 13.9. The molecule has 7 nitrogen and oxygen atoms in total. The molecular formula is C26H34FN3O4. The van der Waals surface area contributed by atoms with E-state index in [2.05, 4.69) is 10.6 Å². The smallest absolute Gasteiger partial charge is 0.321 e. The van der Waals surface area contributed by atoms with Crippen LogP contribution in [0, 0.1) is 11.7 Å². The Morgan fingerprint density at radius 1 is 0.971 bits per heavy atom. The molecule has 2 N–H and O–H groups in total. The number of carbonyl (C=O) groups is 2. The molecule has 1 aliphatic rings. The topological polar surface area (TPSA) is 79.9 Å². The van der Waals surface area contributed by atoms with Gasteiger partial charge in [0.1, 0.15) is 5.82 Å². The van der Waals surface area contributed by atoms with Crippen LogP contribution in [0.25, 0.3) is 0 Å². The maximum atomic E-state index is 13.0. The minimum atomic E-state index is -0.300. The van der Waals surface area contributed by atoms with Gasteiger partial charge in [0.25, 0.3) is 0 Å². The van der Waals surface area contributed by atoms with Crippen molar-refractivity contribution in [3.05, 3.63) is 53.8 Å². The monoisotopic (exact) mass is 471 g/mol. The van der Waals surface area contributed by atoms with Gasteiger partial charge in [-0.2, -0.15) is 0 Å². The van der Waals surface area contributed by atoms with Gasteiger partial charge in [0.05, 0.1) is 13.2 Å². The number of likely N-dealkylation sites (tertiary alicyclic amines) is 1. The van der Waals surface area contributed by atoms with Crippen LogP contribution >= 0.6 is 0 Å². The molecule has 1 fully saturated rings. The van der Waals surface area contributed by atoms with Crippen LogP contribution in [0.4, 0.5) is 14.9 Å². The van der Waals surface area contributed by atoms with E-state index in [1.165, 1.54) is 12.1 Å². The number of nitrogens with zero attached hydrogens (tertiary/aromatic N) is 1. The lowest BCUT2D eigenvalue weighted by Gasteiger charge is -2.31. The number of urea groups is 1. The fourth-order valence-electron chi connectivity index (χ4n) is 3.72. The second-order valence-corrected chi connectivity index (χ2v) is 8.39. The highest BCUT2D eigenvalue weighted by molar-refractivity contribution is 5.90. The molecule has 3 amide bonds. The summed E-state index contributed by atoms with van der Waals surface area (Å²) >= 11 is 0. The summed E-state index contributed by atoms with van der Waals surface area (Å²) in [7, 11) is 0. The first-order valence-corrected chi connectivity index (χ1v) is 12.0. The van der Waals surface area contributed by atoms with Crippen molar-refractivity contribution in [3.63, 3.8) is 0 Å². The first-order chi connectivity index (χ1) is 16.5. The van der Waals surface area contributed by atoms with E-state index in [-0.39, 0.29) is 23.7 Å². The van der Waals surface area contributed by atoms with Crippen LogP contribution in [0.1, 0.15) is 45.1 Å². The standard InChI is InChI=1S/C26H34FN3O4/c1-3-15-33-23-10-9-22(17-24(23)34-16-4-2)29-26(32)30-13-11-20(12-14-30)25(31)28-18-19-5-7-21(27)8-6-19/h5-10,17,20H,3-4,11-16,18H2,1-2H3,(H,28,31)(H,29,32). The van der Waals surface area contributed by atoms with E-state index in [0.29, 0.717) is 62.9 Å². The summed E-state index contributed by atoms with van der Waals surface area (Å²) in [6.07, 6.45) is 2.96. The molecule has 34 heavy (non-hydrogen) atoms. The molecule has 2 aromatic carbocycles. The van der Waals surface area contributed by atoms with E-state index in [1.54, 1.807) is 29.2 Å². The maximum absolute atomic E-state index is 13.0. The number of benzene rings is 2. The van der Waals surface area contributed by atoms with Crippen LogP contribution in [0.2, 0.25) is 0 Å². The van der Waals surface area contributed by atoms with Crippen LogP contribution in [-0.4, -0.2) is 43.1 Å². The number of rotatable bonds is 10. The van der Waals surface area contributed by atoms with Gasteiger partial charge in [-0.1, -0.05) is 26.0 Å². The molecule has 0 aromatic heterocycles. The molecule has 0 radical (unpaired) electrons. The summed E-state index contributed by atoms with van der Waals surface area (Å²) in [6.45, 7) is 6.59. The largest absolute Gasteiger partial charge is 0.490 e. The lowest BCUT2D eigenvalue weighted by molar-refractivity contribution is -0.126. The van der Waals surface area contributed by atoms with Gasteiger partial charge in [-0.25, -0.2) is 9.18 Å². The molecule has 0 atom stereocenters. The molecule has 1 saturated heterocycles. The highest BCUT2D eigenvalue weighted by Gasteiger charge is 2.27. The number of nitrogens with one attached hydrogen (secondary N) is 2. The van der Waals surface area contributed by atoms with Crippen LogP contribution in [0.3, 0.4) is 0 Å². The number of amides is 3. The van der Waals surface area contributed by atoms with Gasteiger partial charge in [-0.3, -0.25) is 4.79 Å². The average Bonchev–Trinajstić information content (AvgIpc) is 2.86. The van der Waals surface area contributed by atoms with E-state index in [0.717, 1.165) is 18.4 Å². The van der Waals surface area contributed by atoms with Crippen molar-refractivity contribution in [2.24, 2.45) is 5.92 Å². The Labute approximate surface area is 200 Å². The predicted octanol–water partition coefficient (Wildman–Crippen LogP) is 4.96. The lowest BCUT2D eigenvalue weighted by Crippen LogP contribution is -2.44. The molecule has 0 aliphatic carbocycles. The minimum absolute atomic E-state index is 0.0373. The zero-order valence-corrected chi connectivity index (χ0v) is 19.9. The van der Waals surface area contributed by atoms with E-state index < -0.39 is 0 Å². The Morgan fingerprint density at radius 2 is 1.62 bits per heavy atom. The molecule has 0 spiro atoms. The summed E-state index contributed by atoms with van der Waals surface area (Å²) in [4.78, 5) is 27.0. The number of hydrogen-bond acceptors (Lipinski definition) is 4. The summed E-state index contributed by atoms with van der Waals surface area (Å²) < 4.78 is 24.6. The molecule has 0 unspecified atom stereocenters. The summed E-state index contributed by atoms with van der Waals surface area (Å²) in [5.41, 5.74) is 1.49. The Bertz CT molecular complexity index is 944. The van der Waals surface area contributed by atoms with Crippen molar-refractivity contribution in [2.75, 3.05) is 31.6 Å². The van der Waals surface area contributed by atoms with Crippen molar-refractivity contribution in [1.82, 2.24) is 10.2 Å². The molecule has 0 bridgehead atoms. The van der Waals surface area contributed by atoms with Crippen molar-refractivity contribution in [2.45, 2.75) is 46.1 Å². The van der Waals surface area contributed by atoms with Gasteiger partial charge in [0.2, 0.25) is 5.91 Å². The Hall–Kier alpha value is -3.29. The Balaban J connectivity index is 1.49. The van der Waals surface area contributed by atoms with Gasteiger partial charge in [0, 0.05) is 37.3 Å². The van der Waals surface area contributed by atoms with Crippen molar-refractivity contribution in [1.29, 1.82) is 0 Å². The highest BCUT2D eigenvalue weighted by atomic mass is 19.1. The van der Waals surface area contributed by atoms with E-state index in [4.69, 9.17) is 9.47 Å². The first-order valence-electron chi connectivity index (χ1n) is 12.0. The van der Waals surface area contributed by atoms with Gasteiger partial charge >= 0.3 is 6.03 Å². The minimum Gasteiger partial charge on any atom is -0.490 e. The van der Waals surface area contributed by atoms with Gasteiger partial charge < -0.3 is 25.0 Å². The zero-order valence-electron chi connectivity index (χ0n) is 19.9. The average molecular weight is 472 g/mol. The van der Waals surface area contributed by atoms with Crippen LogP contribution < -0.4 is 20.1 Å². The van der Waals surface area contributed by atoms with Crippen LogP contribution in [0.15, 0.2) is 42.5 Å². The molecule has 2 aromatic rings. The van der Waals surface area contributed by atoms with Crippen molar-refractivity contribution in [3.8, 4) is 11.5 Å². The quantitative estimate of drug-likeness (QED) is 0.513. The number of anilines is 1. The van der Waals surface area contributed by atoms with E-state index in [1.807, 2.05) is 19.9 Å². The maximum Gasteiger partial charge on any atom is 0.321 e. The van der Waals surface area contributed by atoms with Gasteiger partial charge in [-0.15, -0.1) is 0 Å². The molecular weight excluding hydrogens is 437 g/mol. The third kappa shape index (κ3) is 7.37. The molecule has 1 aliphatic heterocycles. The number of carbonyl (C=O) groups excluding carboxylic acids is 2. The van der Waals surface area contributed by atoms with E-state index >= 15 is 0 Å². The molecule has 184 valence electrons. The number of halogens is 1. The SMILES string of the molecule is CCCOc1ccc(NC(=O)N2CCC(C(=O)NCc3ccc(F)cc3)CC2)cc1OCCC. The molecule has 1 heterocycles. The molecule has 8 heteroatoms. The number of hydrogen-bond donors (Lipinski definition) is 2. The van der Waals surface area contributed by atoms with E-state index in [9.17, 15) is 14.0 Å². The first kappa shape index (κ1) is 25.3. The summed E-state index contributed by atoms with van der Waals surface area (Å²) in [5, 5.41) is 5.84. The third-order valence-electron chi connectivity index (χ3n) is 5.65. The summed E-state index contributed by atoms with van der Waals surface area (Å²) in [5.74, 6) is 0.801. The highest BCUT2D eigenvalue weighted by Crippen LogP contribution is 2.31. The Kier molecular flexibility index (Phi) is 9.55. The third-order valence-corrected chi connectivity index (χ3v) is 5.65. The second-order valence-electron chi connectivity index (χ2n) is 8.39. The van der Waals surface area contributed by atoms with Gasteiger partial charge in [-0.05, 0) is 55.5 Å². The predicted molar refractivity (Wildman–Crippen MR) is 130 cm³/mol. The van der Waals surface area contributed by atoms with Crippen LogP contribution in [0.5, 0.6) is 11.5 Å². The van der Waals surface area contributed by atoms with Crippen LogP contribution in [-0.2, 0) is 11.3 Å². The number of ether oxygens (including phenoxy) is 2. The second kappa shape index (κ2) is 12.8.